The molecule has 1 aromatic rings. The van der Waals surface area contributed by atoms with Crippen LogP contribution in [0.2, 0.25) is 0 Å². The number of benzene rings is 1. The van der Waals surface area contributed by atoms with Crippen LogP contribution in [-0.2, 0) is 13.1 Å². The lowest BCUT2D eigenvalue weighted by Gasteiger charge is -2.26. The van der Waals surface area contributed by atoms with E-state index in [2.05, 4.69) is 72.7 Å². The van der Waals surface area contributed by atoms with Crippen LogP contribution in [0.4, 0.5) is 0 Å². The third-order valence-corrected chi connectivity index (χ3v) is 5.71. The minimum atomic E-state index is 0.308. The first-order valence-electron chi connectivity index (χ1n) is 9.90. The molecule has 2 fully saturated rings. The van der Waals surface area contributed by atoms with Crippen LogP contribution in [-0.4, -0.2) is 48.6 Å². The van der Waals surface area contributed by atoms with Crippen molar-refractivity contribution < 1.29 is 0 Å². The summed E-state index contributed by atoms with van der Waals surface area (Å²) in [6.45, 7) is 12.7. The van der Waals surface area contributed by atoms with Gasteiger partial charge in [-0.2, -0.15) is 0 Å². The third-order valence-electron chi connectivity index (χ3n) is 5.71. The summed E-state index contributed by atoms with van der Waals surface area (Å²) in [6.07, 6.45) is 3.91. The van der Waals surface area contributed by atoms with E-state index in [0.29, 0.717) is 17.5 Å². The molecular weight excluding hydrogens is 308 g/mol. The number of rotatable bonds is 6. The summed E-state index contributed by atoms with van der Waals surface area (Å²) < 4.78 is 0. The van der Waals surface area contributed by atoms with Crippen LogP contribution in [0, 0.1) is 5.41 Å². The van der Waals surface area contributed by atoms with Gasteiger partial charge in [0, 0.05) is 31.7 Å². The van der Waals surface area contributed by atoms with Crippen molar-refractivity contribution in [2.24, 2.45) is 5.41 Å². The molecule has 2 N–H and O–H groups in total. The van der Waals surface area contributed by atoms with Gasteiger partial charge in [-0.3, -0.25) is 15.8 Å². The molecule has 0 aromatic heterocycles. The van der Waals surface area contributed by atoms with Crippen molar-refractivity contribution in [1.29, 1.82) is 0 Å². The van der Waals surface area contributed by atoms with E-state index in [0.717, 1.165) is 19.6 Å². The van der Waals surface area contributed by atoms with E-state index < -0.39 is 0 Å². The largest absolute Gasteiger partial charge is 0.301 e. The molecule has 0 aliphatic carbocycles. The van der Waals surface area contributed by atoms with E-state index in [9.17, 15) is 0 Å². The van der Waals surface area contributed by atoms with E-state index in [1.165, 1.54) is 43.5 Å². The summed E-state index contributed by atoms with van der Waals surface area (Å²) in [5, 5.41) is 0. The minimum Gasteiger partial charge on any atom is -0.301 e. The summed E-state index contributed by atoms with van der Waals surface area (Å²) in [5.41, 5.74) is 10.3. The lowest BCUT2D eigenvalue weighted by molar-refractivity contribution is 0.276. The van der Waals surface area contributed by atoms with E-state index in [1.807, 2.05) is 0 Å². The fraction of sp³-hybridized carbons (Fsp3) is 0.714. The Morgan fingerprint density at radius 2 is 1.76 bits per heavy atom. The van der Waals surface area contributed by atoms with Crippen molar-refractivity contribution in [2.45, 2.75) is 65.2 Å². The molecule has 25 heavy (non-hydrogen) atoms. The Labute approximate surface area is 153 Å². The zero-order valence-electron chi connectivity index (χ0n) is 16.5. The summed E-state index contributed by atoms with van der Waals surface area (Å²) in [7, 11) is 2.25. The quantitative estimate of drug-likeness (QED) is 0.830. The standard InChI is InChI=1S/C21H36N4/c1-21(2,3)20-13-19(22-23-20)16-24(4)14-17-9-5-6-10-18(17)15-25-11-7-8-12-25/h5-6,9-10,19-20,22-23H,7-8,11-16H2,1-4H3. The lowest BCUT2D eigenvalue weighted by Crippen LogP contribution is -2.41. The first kappa shape index (κ1) is 18.8. The molecule has 0 saturated carbocycles. The second kappa shape index (κ2) is 8.17. The molecule has 140 valence electrons. The molecule has 2 unspecified atom stereocenters. The molecule has 2 heterocycles. The molecule has 4 nitrogen and oxygen atoms in total. The first-order valence-corrected chi connectivity index (χ1v) is 9.90. The molecule has 2 aliphatic heterocycles. The topological polar surface area (TPSA) is 30.5 Å². The van der Waals surface area contributed by atoms with Crippen LogP contribution in [0.5, 0.6) is 0 Å². The summed E-state index contributed by atoms with van der Waals surface area (Å²) in [6, 6.07) is 10.1. The highest BCUT2D eigenvalue weighted by molar-refractivity contribution is 5.27. The molecule has 2 saturated heterocycles. The number of hydrazine groups is 1. The first-order chi connectivity index (χ1) is 11.9. The van der Waals surface area contributed by atoms with Gasteiger partial charge >= 0.3 is 0 Å². The van der Waals surface area contributed by atoms with Crippen LogP contribution >= 0.6 is 0 Å². The van der Waals surface area contributed by atoms with Gasteiger partial charge in [0.05, 0.1) is 0 Å². The predicted molar refractivity (Wildman–Crippen MR) is 105 cm³/mol. The minimum absolute atomic E-state index is 0.308. The number of hydrogen-bond donors (Lipinski definition) is 2. The maximum atomic E-state index is 3.50. The number of likely N-dealkylation sites (N-methyl/N-ethyl adjacent to an activating group) is 1. The molecule has 0 spiro atoms. The van der Waals surface area contributed by atoms with Gasteiger partial charge in [-0.25, -0.2) is 0 Å². The zero-order valence-corrected chi connectivity index (χ0v) is 16.5. The Kier molecular flexibility index (Phi) is 6.16. The second-order valence-electron chi connectivity index (χ2n) is 9.09. The fourth-order valence-corrected chi connectivity index (χ4v) is 4.09. The molecule has 1 aromatic carbocycles. The number of likely N-dealkylation sites (tertiary alicyclic amines) is 1. The Morgan fingerprint density at radius 1 is 1.08 bits per heavy atom. The van der Waals surface area contributed by atoms with Crippen molar-refractivity contribution in [1.82, 2.24) is 20.7 Å². The van der Waals surface area contributed by atoms with Crippen LogP contribution in [0.1, 0.15) is 51.2 Å². The highest BCUT2D eigenvalue weighted by Crippen LogP contribution is 2.25. The SMILES string of the molecule is CN(Cc1ccccc1CN1CCCC1)CC1CC(C(C)(C)C)NN1. The Balaban J connectivity index is 1.53. The Bertz CT molecular complexity index is 545. The van der Waals surface area contributed by atoms with Gasteiger partial charge in [0.1, 0.15) is 0 Å². The number of nitrogens with one attached hydrogen (secondary N) is 2. The van der Waals surface area contributed by atoms with Crippen LogP contribution in [0.25, 0.3) is 0 Å². The average molecular weight is 345 g/mol. The Morgan fingerprint density at radius 3 is 2.40 bits per heavy atom. The van der Waals surface area contributed by atoms with E-state index in [4.69, 9.17) is 0 Å². The monoisotopic (exact) mass is 344 g/mol. The van der Waals surface area contributed by atoms with Gasteiger partial charge < -0.3 is 4.90 Å². The maximum absolute atomic E-state index is 3.50. The lowest BCUT2D eigenvalue weighted by atomic mass is 9.84. The van der Waals surface area contributed by atoms with Crippen LogP contribution < -0.4 is 10.9 Å². The van der Waals surface area contributed by atoms with Gasteiger partial charge in [-0.15, -0.1) is 0 Å². The molecule has 0 radical (unpaired) electrons. The fourth-order valence-electron chi connectivity index (χ4n) is 4.09. The smallest absolute Gasteiger partial charge is 0.0355 e. The van der Waals surface area contributed by atoms with Gasteiger partial charge in [-0.1, -0.05) is 45.0 Å². The van der Waals surface area contributed by atoms with E-state index >= 15 is 0 Å². The summed E-state index contributed by atoms with van der Waals surface area (Å²) >= 11 is 0. The second-order valence-corrected chi connectivity index (χ2v) is 9.09. The number of nitrogens with zero attached hydrogens (tertiary/aromatic N) is 2. The van der Waals surface area contributed by atoms with Gasteiger partial charge in [-0.05, 0) is 55.9 Å². The normalized spacial score (nSPS) is 25.2. The maximum Gasteiger partial charge on any atom is 0.0355 e. The van der Waals surface area contributed by atoms with E-state index in [-0.39, 0.29) is 0 Å². The van der Waals surface area contributed by atoms with E-state index in [1.54, 1.807) is 0 Å². The average Bonchev–Trinajstić information content (AvgIpc) is 3.20. The van der Waals surface area contributed by atoms with Crippen LogP contribution in [0.3, 0.4) is 0 Å². The van der Waals surface area contributed by atoms with Crippen molar-refractivity contribution in [3.05, 3.63) is 35.4 Å². The molecule has 2 atom stereocenters. The molecule has 4 heteroatoms. The van der Waals surface area contributed by atoms with Gasteiger partial charge in [0.2, 0.25) is 0 Å². The van der Waals surface area contributed by atoms with Gasteiger partial charge in [0.15, 0.2) is 0 Å². The summed E-state index contributed by atoms with van der Waals surface area (Å²) in [5.74, 6) is 0. The van der Waals surface area contributed by atoms with Crippen molar-refractivity contribution >= 4 is 0 Å². The predicted octanol–water partition coefficient (Wildman–Crippen LogP) is 3.00. The zero-order chi connectivity index (χ0) is 17.9. The number of hydrogen-bond acceptors (Lipinski definition) is 4. The summed E-state index contributed by atoms with van der Waals surface area (Å²) in [4.78, 5) is 5.06. The van der Waals surface area contributed by atoms with Crippen molar-refractivity contribution in [3.63, 3.8) is 0 Å². The molecule has 3 rings (SSSR count). The Hall–Kier alpha value is -0.940. The molecule has 0 amide bonds. The van der Waals surface area contributed by atoms with Crippen molar-refractivity contribution in [2.75, 3.05) is 26.7 Å². The van der Waals surface area contributed by atoms with Crippen LogP contribution in [0.15, 0.2) is 24.3 Å². The van der Waals surface area contributed by atoms with Gasteiger partial charge in [0.25, 0.3) is 0 Å². The van der Waals surface area contributed by atoms with Crippen molar-refractivity contribution in [3.8, 4) is 0 Å². The molecule has 2 aliphatic rings. The highest BCUT2D eigenvalue weighted by Gasteiger charge is 2.32. The highest BCUT2D eigenvalue weighted by atomic mass is 15.4. The molecule has 0 bridgehead atoms. The third kappa shape index (κ3) is 5.27. The molecular formula is C21H36N4.